The van der Waals surface area contributed by atoms with E-state index in [1.54, 1.807) is 0 Å². The first-order valence-corrected chi connectivity index (χ1v) is 2.93. The Morgan fingerprint density at radius 1 is 1.55 bits per heavy atom. The molecule has 1 rings (SSSR count). The van der Waals surface area contributed by atoms with E-state index in [0.29, 0.717) is 0 Å². The molecule has 0 fully saturated rings. The van der Waals surface area contributed by atoms with Crippen molar-refractivity contribution in [2.45, 2.75) is 6.29 Å². The second-order valence-electron chi connectivity index (χ2n) is 1.92. The molecule has 0 aliphatic rings. The van der Waals surface area contributed by atoms with E-state index in [1.165, 1.54) is 18.5 Å². The Morgan fingerprint density at radius 2 is 2.27 bits per heavy atom. The summed E-state index contributed by atoms with van der Waals surface area (Å²) in [4.78, 5) is 3.65. The molecule has 0 spiro atoms. The van der Waals surface area contributed by atoms with Crippen molar-refractivity contribution in [2.24, 2.45) is 5.11 Å². The summed E-state index contributed by atoms with van der Waals surface area (Å²) in [6.07, 6.45) is 1.07. The van der Waals surface area contributed by atoms with E-state index in [4.69, 9.17) is 15.7 Å². The third-order valence-corrected chi connectivity index (χ3v) is 1.23. The maximum absolute atomic E-state index is 8.71. The summed E-state index contributed by atoms with van der Waals surface area (Å²) in [5, 5.41) is 20.5. The van der Waals surface area contributed by atoms with Crippen LogP contribution in [0.4, 0.5) is 5.69 Å². The Bertz CT molecular complexity index is 262. The van der Waals surface area contributed by atoms with Gasteiger partial charge in [-0.25, -0.2) is 5.53 Å². The van der Waals surface area contributed by atoms with Crippen LogP contribution in [-0.4, -0.2) is 15.2 Å². The molecule has 5 heteroatoms. The van der Waals surface area contributed by atoms with Crippen molar-refractivity contribution < 1.29 is 10.2 Å². The highest BCUT2D eigenvalue weighted by Crippen LogP contribution is 2.21. The Balaban J connectivity index is 3.12. The maximum Gasteiger partial charge on any atom is 0.182 e. The van der Waals surface area contributed by atoms with Gasteiger partial charge in [0.1, 0.15) is 0 Å². The smallest absolute Gasteiger partial charge is 0.182 e. The van der Waals surface area contributed by atoms with E-state index in [9.17, 15) is 0 Å². The van der Waals surface area contributed by atoms with Gasteiger partial charge in [0.25, 0.3) is 0 Å². The van der Waals surface area contributed by atoms with Gasteiger partial charge < -0.3 is 10.2 Å². The number of rotatable bonds is 2. The molecule has 0 radical (unpaired) electrons. The van der Waals surface area contributed by atoms with Crippen molar-refractivity contribution in [3.8, 4) is 0 Å². The fraction of sp³-hybridized carbons (Fsp3) is 0.167. The predicted octanol–water partition coefficient (Wildman–Crippen LogP) is 0.727. The number of pyridine rings is 1. The standard InChI is InChI=1S/C6H7N3O2/c7-9-5-1-2-8-3-4(5)6(10)11/h1-3,6-7,10-11H. The molecular formula is C6H7N3O2. The molecule has 1 aromatic heterocycles. The molecule has 0 unspecified atom stereocenters. The lowest BCUT2D eigenvalue weighted by molar-refractivity contribution is -0.0422. The number of nitrogens with one attached hydrogen (secondary N) is 1. The average Bonchev–Trinajstić information content (AvgIpc) is 2.04. The number of aromatic nitrogens is 1. The molecule has 1 aromatic rings. The van der Waals surface area contributed by atoms with E-state index in [2.05, 4.69) is 10.1 Å². The van der Waals surface area contributed by atoms with Crippen LogP contribution in [0.5, 0.6) is 0 Å². The van der Waals surface area contributed by atoms with Crippen LogP contribution < -0.4 is 0 Å². The van der Waals surface area contributed by atoms with Gasteiger partial charge in [-0.15, -0.1) is 0 Å². The van der Waals surface area contributed by atoms with Crippen molar-refractivity contribution in [1.29, 1.82) is 5.53 Å². The average molecular weight is 153 g/mol. The van der Waals surface area contributed by atoms with Gasteiger partial charge in [0.2, 0.25) is 0 Å². The number of hydrogen-bond donors (Lipinski definition) is 3. The minimum atomic E-state index is -1.62. The molecule has 0 saturated carbocycles. The summed E-state index contributed by atoms with van der Waals surface area (Å²) in [7, 11) is 0. The van der Waals surface area contributed by atoms with Crippen LogP contribution in [0, 0.1) is 5.53 Å². The topological polar surface area (TPSA) is 89.6 Å². The number of nitrogens with zero attached hydrogens (tertiary/aromatic N) is 2. The molecule has 5 nitrogen and oxygen atoms in total. The highest BCUT2D eigenvalue weighted by Gasteiger charge is 2.07. The van der Waals surface area contributed by atoms with Crippen LogP contribution >= 0.6 is 0 Å². The van der Waals surface area contributed by atoms with Gasteiger partial charge in [0, 0.05) is 12.4 Å². The Kier molecular flexibility index (Phi) is 2.25. The first-order chi connectivity index (χ1) is 5.25. The molecular weight excluding hydrogens is 146 g/mol. The lowest BCUT2D eigenvalue weighted by Gasteiger charge is -2.03. The quantitative estimate of drug-likeness (QED) is 0.432. The third-order valence-electron chi connectivity index (χ3n) is 1.23. The number of hydrogen-bond acceptors (Lipinski definition) is 5. The van der Waals surface area contributed by atoms with Gasteiger partial charge in [-0.2, -0.15) is 5.11 Å². The van der Waals surface area contributed by atoms with Gasteiger partial charge in [-0.05, 0) is 6.07 Å². The van der Waals surface area contributed by atoms with Gasteiger partial charge in [0.15, 0.2) is 6.29 Å². The Hall–Kier alpha value is -1.33. The van der Waals surface area contributed by atoms with Crippen molar-refractivity contribution in [2.75, 3.05) is 0 Å². The fourth-order valence-electron chi connectivity index (χ4n) is 0.700. The summed E-state index contributed by atoms with van der Waals surface area (Å²) in [5.74, 6) is 0. The van der Waals surface area contributed by atoms with Crippen molar-refractivity contribution >= 4 is 5.69 Å². The lowest BCUT2D eigenvalue weighted by Crippen LogP contribution is -1.95. The summed E-state index contributed by atoms with van der Waals surface area (Å²) in [6, 6.07) is 1.43. The second kappa shape index (κ2) is 3.18. The van der Waals surface area contributed by atoms with Crippen LogP contribution in [0.3, 0.4) is 0 Å². The molecule has 58 valence electrons. The molecule has 0 atom stereocenters. The molecule has 0 aromatic carbocycles. The molecule has 1 heterocycles. The van der Waals surface area contributed by atoms with Gasteiger partial charge in [-0.3, -0.25) is 4.98 Å². The van der Waals surface area contributed by atoms with Crippen LogP contribution in [0.25, 0.3) is 0 Å². The second-order valence-corrected chi connectivity index (χ2v) is 1.92. The first-order valence-electron chi connectivity index (χ1n) is 2.93. The highest BCUT2D eigenvalue weighted by molar-refractivity contribution is 5.43. The first kappa shape index (κ1) is 7.77. The maximum atomic E-state index is 8.71. The van der Waals surface area contributed by atoms with Crippen LogP contribution in [0.15, 0.2) is 23.6 Å². The molecule has 3 N–H and O–H groups in total. The normalized spacial score (nSPS) is 10.1. The summed E-state index contributed by atoms with van der Waals surface area (Å²) < 4.78 is 0. The molecule has 0 amide bonds. The minimum absolute atomic E-state index is 0.141. The van der Waals surface area contributed by atoms with E-state index in [-0.39, 0.29) is 11.3 Å². The molecule has 0 aliphatic heterocycles. The zero-order chi connectivity index (χ0) is 8.27. The summed E-state index contributed by atoms with van der Waals surface area (Å²) in [5.41, 5.74) is 7.01. The van der Waals surface area contributed by atoms with Gasteiger partial charge >= 0.3 is 0 Å². The molecule has 0 bridgehead atoms. The van der Waals surface area contributed by atoms with E-state index >= 15 is 0 Å². The Morgan fingerprint density at radius 3 is 2.73 bits per heavy atom. The van der Waals surface area contributed by atoms with Crippen molar-refractivity contribution in [3.63, 3.8) is 0 Å². The lowest BCUT2D eigenvalue weighted by atomic mass is 10.2. The minimum Gasteiger partial charge on any atom is -0.364 e. The largest absolute Gasteiger partial charge is 0.364 e. The number of aliphatic hydroxyl groups excluding tert-OH is 1. The van der Waals surface area contributed by atoms with Crippen LogP contribution in [-0.2, 0) is 0 Å². The summed E-state index contributed by atoms with van der Waals surface area (Å²) >= 11 is 0. The van der Waals surface area contributed by atoms with Crippen LogP contribution in [0.2, 0.25) is 0 Å². The van der Waals surface area contributed by atoms with Gasteiger partial charge in [0.05, 0.1) is 11.3 Å². The fourth-order valence-corrected chi connectivity index (χ4v) is 0.700. The molecule has 0 saturated heterocycles. The monoisotopic (exact) mass is 153 g/mol. The predicted molar refractivity (Wildman–Crippen MR) is 36.2 cm³/mol. The highest BCUT2D eigenvalue weighted by atomic mass is 16.5. The SMILES string of the molecule is N=Nc1ccncc1C(O)O. The van der Waals surface area contributed by atoms with E-state index in [0.717, 1.165) is 0 Å². The number of aliphatic hydroxyl groups is 2. The zero-order valence-electron chi connectivity index (χ0n) is 5.60. The molecule has 0 aliphatic carbocycles. The Labute approximate surface area is 62.8 Å². The van der Waals surface area contributed by atoms with Crippen LogP contribution in [0.1, 0.15) is 11.9 Å². The van der Waals surface area contributed by atoms with Crippen molar-refractivity contribution in [1.82, 2.24) is 4.98 Å². The van der Waals surface area contributed by atoms with E-state index < -0.39 is 6.29 Å². The third kappa shape index (κ3) is 1.57. The van der Waals surface area contributed by atoms with Gasteiger partial charge in [-0.1, -0.05) is 0 Å². The molecule has 11 heavy (non-hydrogen) atoms. The van der Waals surface area contributed by atoms with Crippen molar-refractivity contribution in [3.05, 3.63) is 24.0 Å². The van der Waals surface area contributed by atoms with E-state index in [1.807, 2.05) is 0 Å². The zero-order valence-corrected chi connectivity index (χ0v) is 5.60. The summed E-state index contributed by atoms with van der Waals surface area (Å²) in [6.45, 7) is 0.